The predicted molar refractivity (Wildman–Crippen MR) is 91.6 cm³/mol. The third kappa shape index (κ3) is 2.60. The molecule has 1 heterocycles. The van der Waals surface area contributed by atoms with Crippen LogP contribution in [-0.2, 0) is 0 Å². The summed E-state index contributed by atoms with van der Waals surface area (Å²) in [6.45, 7) is 2.12. The van der Waals surface area contributed by atoms with Gasteiger partial charge in [0.15, 0.2) is 0 Å². The Morgan fingerprint density at radius 2 is 1.77 bits per heavy atom. The number of benzene rings is 2. The van der Waals surface area contributed by atoms with E-state index in [0.29, 0.717) is 0 Å². The van der Waals surface area contributed by atoms with Crippen LogP contribution in [-0.4, -0.2) is 31.1 Å². The van der Waals surface area contributed by atoms with E-state index in [1.165, 1.54) is 22.1 Å². The predicted octanol–water partition coefficient (Wildman–Crippen LogP) is 4.14. The number of nitrogens with one attached hydrogen (secondary N) is 1. The summed E-state index contributed by atoms with van der Waals surface area (Å²) in [4.78, 5) is 5.62. The maximum Gasteiger partial charge on any atom is 0.119 e. The molecular weight excluding hydrogens is 272 g/mol. The molecular formula is C19H22N2O. The molecule has 2 aromatic carbocycles. The quantitative estimate of drug-likeness (QED) is 0.783. The molecule has 114 valence electrons. The molecule has 3 rings (SSSR count). The van der Waals surface area contributed by atoms with Crippen LogP contribution in [0.15, 0.2) is 48.7 Å². The summed E-state index contributed by atoms with van der Waals surface area (Å²) < 4.78 is 5.38. The highest BCUT2D eigenvalue weighted by Crippen LogP contribution is 2.34. The highest BCUT2D eigenvalue weighted by Gasteiger charge is 2.20. The Hall–Kier alpha value is -2.26. The minimum Gasteiger partial charge on any atom is -0.497 e. The smallest absolute Gasteiger partial charge is 0.119 e. The molecule has 0 saturated heterocycles. The molecule has 1 aromatic heterocycles. The molecule has 0 aliphatic rings. The van der Waals surface area contributed by atoms with Crippen LogP contribution in [0.2, 0.25) is 0 Å². The van der Waals surface area contributed by atoms with Crippen molar-refractivity contribution in [2.24, 2.45) is 0 Å². The van der Waals surface area contributed by atoms with E-state index in [0.717, 1.165) is 11.3 Å². The second-order valence-corrected chi connectivity index (χ2v) is 5.93. The van der Waals surface area contributed by atoms with Crippen LogP contribution >= 0.6 is 0 Å². The minimum absolute atomic E-state index is 0.210. The zero-order valence-electron chi connectivity index (χ0n) is 13.6. The van der Waals surface area contributed by atoms with Crippen molar-refractivity contribution in [3.05, 3.63) is 65.4 Å². The first-order chi connectivity index (χ1) is 10.6. The Bertz CT molecular complexity index is 772. The molecule has 1 atom stereocenters. The van der Waals surface area contributed by atoms with Gasteiger partial charge in [0.1, 0.15) is 5.75 Å². The van der Waals surface area contributed by atoms with Gasteiger partial charge < -0.3 is 9.72 Å². The lowest BCUT2D eigenvalue weighted by molar-refractivity contribution is 0.344. The lowest BCUT2D eigenvalue weighted by Crippen LogP contribution is -2.20. The van der Waals surface area contributed by atoms with Crippen molar-refractivity contribution in [2.75, 3.05) is 21.2 Å². The van der Waals surface area contributed by atoms with Gasteiger partial charge in [-0.3, -0.25) is 4.90 Å². The van der Waals surface area contributed by atoms with Crippen molar-refractivity contribution in [1.29, 1.82) is 0 Å². The fourth-order valence-electron chi connectivity index (χ4n) is 2.98. The number of hydrogen-bond acceptors (Lipinski definition) is 2. The number of methoxy groups -OCH3 is 1. The highest BCUT2D eigenvalue weighted by molar-refractivity contribution is 5.85. The number of aromatic nitrogens is 1. The zero-order valence-corrected chi connectivity index (χ0v) is 13.6. The molecule has 3 aromatic rings. The van der Waals surface area contributed by atoms with E-state index in [1.54, 1.807) is 7.11 Å². The molecule has 3 nitrogen and oxygen atoms in total. The number of aromatic amines is 1. The summed E-state index contributed by atoms with van der Waals surface area (Å²) in [6, 6.07) is 15.1. The number of ether oxygens (including phenoxy) is 1. The largest absolute Gasteiger partial charge is 0.497 e. The Balaban J connectivity index is 2.14. The van der Waals surface area contributed by atoms with Gasteiger partial charge in [0.25, 0.3) is 0 Å². The van der Waals surface area contributed by atoms with Crippen LogP contribution in [0.25, 0.3) is 10.9 Å². The van der Waals surface area contributed by atoms with E-state index in [4.69, 9.17) is 4.74 Å². The van der Waals surface area contributed by atoms with Crippen molar-refractivity contribution >= 4 is 10.9 Å². The summed E-state index contributed by atoms with van der Waals surface area (Å²) in [6.07, 6.45) is 2.11. The van der Waals surface area contributed by atoms with Gasteiger partial charge in [-0.15, -0.1) is 0 Å². The van der Waals surface area contributed by atoms with Gasteiger partial charge in [-0.25, -0.2) is 0 Å². The summed E-state index contributed by atoms with van der Waals surface area (Å²) in [5.41, 5.74) is 4.97. The van der Waals surface area contributed by atoms with E-state index in [9.17, 15) is 0 Å². The zero-order chi connectivity index (χ0) is 15.7. The molecule has 0 amide bonds. The van der Waals surface area contributed by atoms with Gasteiger partial charge in [-0.05, 0) is 50.3 Å². The van der Waals surface area contributed by atoms with Crippen LogP contribution in [0.1, 0.15) is 22.7 Å². The standard InChI is InChI=1S/C19H22N2O/c1-13-5-7-14(8-6-13)19(21(2)3)17-12-20-18-10-9-15(22-4)11-16(17)18/h5-12,19-20H,1-4H3. The van der Waals surface area contributed by atoms with Gasteiger partial charge in [0, 0.05) is 17.1 Å². The number of nitrogens with zero attached hydrogens (tertiary/aromatic N) is 1. The molecule has 1 N–H and O–H groups in total. The number of rotatable bonds is 4. The van der Waals surface area contributed by atoms with Crippen molar-refractivity contribution in [2.45, 2.75) is 13.0 Å². The monoisotopic (exact) mass is 294 g/mol. The summed E-state index contributed by atoms with van der Waals surface area (Å²) in [5, 5.41) is 1.21. The molecule has 0 aliphatic heterocycles. The van der Waals surface area contributed by atoms with Crippen LogP contribution < -0.4 is 4.74 Å². The van der Waals surface area contributed by atoms with E-state index < -0.39 is 0 Å². The third-order valence-electron chi connectivity index (χ3n) is 4.12. The lowest BCUT2D eigenvalue weighted by atomic mass is 9.96. The fraction of sp³-hybridized carbons (Fsp3) is 0.263. The van der Waals surface area contributed by atoms with Gasteiger partial charge >= 0.3 is 0 Å². The van der Waals surface area contributed by atoms with Crippen LogP contribution in [0.4, 0.5) is 0 Å². The SMILES string of the molecule is COc1ccc2[nH]cc(C(c3ccc(C)cc3)N(C)C)c2c1. The Morgan fingerprint density at radius 3 is 2.41 bits per heavy atom. The molecule has 0 spiro atoms. The number of fused-ring (bicyclic) bond motifs is 1. The number of aryl methyl sites for hydroxylation is 1. The summed E-state index contributed by atoms with van der Waals surface area (Å²) >= 11 is 0. The second-order valence-electron chi connectivity index (χ2n) is 5.93. The first kappa shape index (κ1) is 14.7. The van der Waals surface area contributed by atoms with Crippen molar-refractivity contribution in [3.8, 4) is 5.75 Å². The fourth-order valence-corrected chi connectivity index (χ4v) is 2.98. The lowest BCUT2D eigenvalue weighted by Gasteiger charge is -2.25. The minimum atomic E-state index is 0.210. The van der Waals surface area contributed by atoms with Crippen molar-refractivity contribution in [1.82, 2.24) is 9.88 Å². The molecule has 0 aliphatic carbocycles. The van der Waals surface area contributed by atoms with E-state index >= 15 is 0 Å². The second kappa shape index (κ2) is 5.85. The molecule has 0 fully saturated rings. The Labute approximate surface area is 131 Å². The van der Waals surface area contributed by atoms with Crippen molar-refractivity contribution in [3.63, 3.8) is 0 Å². The molecule has 1 unspecified atom stereocenters. The first-order valence-corrected chi connectivity index (χ1v) is 7.48. The van der Waals surface area contributed by atoms with Gasteiger partial charge in [-0.2, -0.15) is 0 Å². The van der Waals surface area contributed by atoms with Crippen LogP contribution in [0.3, 0.4) is 0 Å². The Kier molecular flexibility index (Phi) is 3.90. The molecule has 0 bridgehead atoms. The number of hydrogen-bond donors (Lipinski definition) is 1. The average molecular weight is 294 g/mol. The molecule has 0 radical (unpaired) electrons. The van der Waals surface area contributed by atoms with Crippen LogP contribution in [0, 0.1) is 6.92 Å². The normalized spacial score (nSPS) is 12.8. The average Bonchev–Trinajstić information content (AvgIpc) is 2.92. The van der Waals surface area contributed by atoms with Gasteiger partial charge in [0.2, 0.25) is 0 Å². The maximum atomic E-state index is 5.38. The first-order valence-electron chi connectivity index (χ1n) is 7.48. The van der Waals surface area contributed by atoms with Gasteiger partial charge in [0.05, 0.1) is 13.2 Å². The topological polar surface area (TPSA) is 28.3 Å². The van der Waals surface area contributed by atoms with Crippen molar-refractivity contribution < 1.29 is 4.74 Å². The molecule has 22 heavy (non-hydrogen) atoms. The molecule has 0 saturated carbocycles. The summed E-state index contributed by atoms with van der Waals surface area (Å²) in [7, 11) is 5.93. The maximum absolute atomic E-state index is 5.38. The number of H-pyrrole nitrogens is 1. The Morgan fingerprint density at radius 1 is 1.05 bits per heavy atom. The van der Waals surface area contributed by atoms with Gasteiger partial charge in [-0.1, -0.05) is 29.8 Å². The van der Waals surface area contributed by atoms with Crippen LogP contribution in [0.5, 0.6) is 5.75 Å². The summed E-state index contributed by atoms with van der Waals surface area (Å²) in [5.74, 6) is 0.884. The van der Waals surface area contributed by atoms with E-state index in [-0.39, 0.29) is 6.04 Å². The molecule has 3 heteroatoms. The van der Waals surface area contributed by atoms with E-state index in [2.05, 4.69) is 73.5 Å². The third-order valence-corrected chi connectivity index (χ3v) is 4.12. The van der Waals surface area contributed by atoms with E-state index in [1.807, 2.05) is 6.07 Å². The highest BCUT2D eigenvalue weighted by atomic mass is 16.5.